The van der Waals surface area contributed by atoms with Gasteiger partial charge in [-0.1, -0.05) is 44.5 Å². The molecule has 0 aromatic heterocycles. The van der Waals surface area contributed by atoms with Gasteiger partial charge in [0.1, 0.15) is 0 Å². The van der Waals surface area contributed by atoms with E-state index in [1.54, 1.807) is 0 Å². The summed E-state index contributed by atoms with van der Waals surface area (Å²) in [6, 6.07) is 8.16. The highest BCUT2D eigenvalue weighted by atomic mass is 35.5. The molecule has 0 unspecified atom stereocenters. The fraction of sp³-hybridized carbons (Fsp3) is 0.600. The molecule has 1 aliphatic rings. The number of anilines is 1. The van der Waals surface area contributed by atoms with Gasteiger partial charge in [-0.15, -0.1) is 0 Å². The number of rotatable bonds is 1. The number of halogens is 1. The van der Waals surface area contributed by atoms with E-state index in [1.165, 1.54) is 18.5 Å². The van der Waals surface area contributed by atoms with Gasteiger partial charge in [0.2, 0.25) is 0 Å². The maximum absolute atomic E-state index is 6.24. The Kier molecular flexibility index (Phi) is 3.67. The Balaban J connectivity index is 2.03. The second-order valence-corrected chi connectivity index (χ2v) is 6.49. The van der Waals surface area contributed by atoms with Crippen LogP contribution in [0.25, 0.3) is 0 Å². The molecule has 0 bridgehead atoms. The molecule has 0 radical (unpaired) electrons. The Labute approximate surface area is 110 Å². The van der Waals surface area contributed by atoms with Gasteiger partial charge in [-0.05, 0) is 36.3 Å². The van der Waals surface area contributed by atoms with Crippen molar-refractivity contribution in [3.05, 3.63) is 29.3 Å². The van der Waals surface area contributed by atoms with Crippen LogP contribution in [0.5, 0.6) is 0 Å². The van der Waals surface area contributed by atoms with Gasteiger partial charge >= 0.3 is 0 Å². The van der Waals surface area contributed by atoms with Crippen LogP contribution >= 0.6 is 11.6 Å². The van der Waals surface area contributed by atoms with E-state index < -0.39 is 0 Å². The first kappa shape index (κ1) is 12.8. The first-order chi connectivity index (χ1) is 7.98. The van der Waals surface area contributed by atoms with Crippen LogP contribution in [0.1, 0.15) is 33.6 Å². The average Bonchev–Trinajstić information content (AvgIpc) is 2.29. The van der Waals surface area contributed by atoms with Gasteiger partial charge in [0.25, 0.3) is 0 Å². The number of para-hydroxylation sites is 1. The number of benzene rings is 1. The lowest BCUT2D eigenvalue weighted by Gasteiger charge is -2.40. The predicted octanol–water partition coefficient (Wildman–Crippen LogP) is 4.60. The summed E-state index contributed by atoms with van der Waals surface area (Å²) < 4.78 is 0. The molecule has 0 N–H and O–H groups in total. The highest BCUT2D eigenvalue weighted by Gasteiger charge is 2.29. The van der Waals surface area contributed by atoms with Crippen molar-refractivity contribution in [2.24, 2.45) is 11.3 Å². The summed E-state index contributed by atoms with van der Waals surface area (Å²) in [4.78, 5) is 2.42. The molecule has 1 heterocycles. The zero-order chi connectivity index (χ0) is 12.5. The number of piperidine rings is 1. The smallest absolute Gasteiger partial charge is 0.0639 e. The van der Waals surface area contributed by atoms with Crippen molar-refractivity contribution in [3.63, 3.8) is 0 Å². The van der Waals surface area contributed by atoms with Crippen molar-refractivity contribution in [2.45, 2.75) is 33.6 Å². The van der Waals surface area contributed by atoms with E-state index in [0.29, 0.717) is 5.41 Å². The average molecular weight is 252 g/mol. The van der Waals surface area contributed by atoms with E-state index in [0.717, 1.165) is 24.0 Å². The zero-order valence-corrected chi connectivity index (χ0v) is 11.8. The van der Waals surface area contributed by atoms with Crippen LogP contribution in [-0.2, 0) is 0 Å². The van der Waals surface area contributed by atoms with Gasteiger partial charge in [-0.25, -0.2) is 0 Å². The molecule has 1 nitrogen and oxygen atoms in total. The van der Waals surface area contributed by atoms with Crippen LogP contribution in [0.15, 0.2) is 24.3 Å². The summed E-state index contributed by atoms with van der Waals surface area (Å²) in [6.07, 6.45) is 2.55. The Morgan fingerprint density at radius 1 is 1.12 bits per heavy atom. The van der Waals surface area contributed by atoms with Crippen molar-refractivity contribution in [1.29, 1.82) is 0 Å². The minimum absolute atomic E-state index is 0.437. The lowest BCUT2D eigenvalue weighted by Crippen LogP contribution is -2.38. The van der Waals surface area contributed by atoms with E-state index in [9.17, 15) is 0 Å². The normalized spacial score (nSPS) is 18.5. The lowest BCUT2D eigenvalue weighted by atomic mass is 9.75. The Hall–Kier alpha value is -0.690. The first-order valence-corrected chi connectivity index (χ1v) is 6.86. The van der Waals surface area contributed by atoms with Gasteiger partial charge in [0, 0.05) is 13.1 Å². The van der Waals surface area contributed by atoms with E-state index in [4.69, 9.17) is 11.6 Å². The molecular weight excluding hydrogens is 230 g/mol. The topological polar surface area (TPSA) is 3.24 Å². The maximum Gasteiger partial charge on any atom is 0.0639 e. The minimum atomic E-state index is 0.437. The molecule has 1 aliphatic heterocycles. The fourth-order valence-corrected chi connectivity index (χ4v) is 2.95. The molecule has 1 aromatic rings. The van der Waals surface area contributed by atoms with Crippen molar-refractivity contribution in [3.8, 4) is 0 Å². The van der Waals surface area contributed by atoms with Crippen LogP contribution in [0, 0.1) is 11.3 Å². The van der Waals surface area contributed by atoms with E-state index in [2.05, 4.69) is 37.8 Å². The standard InChI is InChI=1S/C15H22ClN/c1-15(2,3)12-8-10-17(11-9-12)14-7-5-4-6-13(14)16/h4-7,12H,8-11H2,1-3H3. The quantitative estimate of drug-likeness (QED) is 0.705. The second kappa shape index (κ2) is 4.89. The van der Waals surface area contributed by atoms with E-state index in [-0.39, 0.29) is 0 Å². The molecule has 2 heteroatoms. The molecule has 0 atom stereocenters. The van der Waals surface area contributed by atoms with Crippen LogP contribution in [0.2, 0.25) is 5.02 Å². The molecule has 1 aromatic carbocycles. The van der Waals surface area contributed by atoms with Gasteiger partial charge in [-0.2, -0.15) is 0 Å². The molecule has 0 spiro atoms. The van der Waals surface area contributed by atoms with Crippen LogP contribution in [-0.4, -0.2) is 13.1 Å². The van der Waals surface area contributed by atoms with Crippen LogP contribution in [0.3, 0.4) is 0 Å². The lowest BCUT2D eigenvalue weighted by molar-refractivity contribution is 0.199. The summed E-state index contributed by atoms with van der Waals surface area (Å²) in [5, 5.41) is 0.877. The molecule has 0 saturated carbocycles. The first-order valence-electron chi connectivity index (χ1n) is 6.48. The Morgan fingerprint density at radius 3 is 2.24 bits per heavy atom. The zero-order valence-electron chi connectivity index (χ0n) is 11.0. The monoisotopic (exact) mass is 251 g/mol. The summed E-state index contributed by atoms with van der Waals surface area (Å²) in [5.74, 6) is 0.834. The molecule has 17 heavy (non-hydrogen) atoms. The van der Waals surface area contributed by atoms with Gasteiger partial charge in [0.15, 0.2) is 0 Å². The third-order valence-corrected chi connectivity index (χ3v) is 4.23. The summed E-state index contributed by atoms with van der Waals surface area (Å²) >= 11 is 6.24. The van der Waals surface area contributed by atoms with Gasteiger partial charge in [0.05, 0.1) is 10.7 Å². The largest absolute Gasteiger partial charge is 0.370 e. The van der Waals surface area contributed by atoms with Crippen molar-refractivity contribution in [2.75, 3.05) is 18.0 Å². The molecule has 2 rings (SSSR count). The number of nitrogens with zero attached hydrogens (tertiary/aromatic N) is 1. The Bertz CT molecular complexity index is 373. The third-order valence-electron chi connectivity index (χ3n) is 3.91. The summed E-state index contributed by atoms with van der Waals surface area (Å²) in [7, 11) is 0. The fourth-order valence-electron chi connectivity index (χ4n) is 2.69. The van der Waals surface area contributed by atoms with E-state index >= 15 is 0 Å². The molecule has 0 aliphatic carbocycles. The second-order valence-electron chi connectivity index (χ2n) is 6.08. The molecule has 1 fully saturated rings. The highest BCUT2D eigenvalue weighted by Crippen LogP contribution is 2.36. The third kappa shape index (κ3) is 2.95. The van der Waals surface area contributed by atoms with Gasteiger partial charge < -0.3 is 4.90 Å². The van der Waals surface area contributed by atoms with Crippen LogP contribution in [0.4, 0.5) is 5.69 Å². The molecule has 1 saturated heterocycles. The number of hydrogen-bond donors (Lipinski definition) is 0. The molecule has 94 valence electrons. The predicted molar refractivity (Wildman–Crippen MR) is 75.8 cm³/mol. The van der Waals surface area contributed by atoms with Crippen molar-refractivity contribution < 1.29 is 0 Å². The highest BCUT2D eigenvalue weighted by molar-refractivity contribution is 6.33. The summed E-state index contributed by atoms with van der Waals surface area (Å²) in [6.45, 7) is 9.31. The van der Waals surface area contributed by atoms with Crippen LogP contribution < -0.4 is 4.90 Å². The summed E-state index contributed by atoms with van der Waals surface area (Å²) in [5.41, 5.74) is 1.63. The number of hydrogen-bond acceptors (Lipinski definition) is 1. The molecular formula is C15H22ClN. The Morgan fingerprint density at radius 2 is 1.71 bits per heavy atom. The van der Waals surface area contributed by atoms with Crippen molar-refractivity contribution >= 4 is 17.3 Å². The SMILES string of the molecule is CC(C)(C)C1CCN(c2ccccc2Cl)CC1. The maximum atomic E-state index is 6.24. The van der Waals surface area contributed by atoms with E-state index in [1.807, 2.05) is 12.1 Å². The van der Waals surface area contributed by atoms with Gasteiger partial charge in [-0.3, -0.25) is 0 Å². The molecule has 0 amide bonds. The minimum Gasteiger partial charge on any atom is -0.370 e. The van der Waals surface area contributed by atoms with Crippen molar-refractivity contribution in [1.82, 2.24) is 0 Å².